The fourth-order valence-electron chi connectivity index (χ4n) is 2.11. The molecule has 1 N–H and O–H groups in total. The third kappa shape index (κ3) is 4.93. The minimum absolute atomic E-state index is 0. The van der Waals surface area contributed by atoms with Crippen LogP contribution in [0.15, 0.2) is 48.5 Å². The molecule has 0 bridgehead atoms. The van der Waals surface area contributed by atoms with E-state index in [1.165, 1.54) is 27.1 Å². The van der Waals surface area contributed by atoms with Crippen LogP contribution in [0.25, 0.3) is 21.5 Å². The third-order valence-corrected chi connectivity index (χ3v) is 2.76. The van der Waals surface area contributed by atoms with Gasteiger partial charge in [-0.15, -0.1) is 28.5 Å². The normalized spacial score (nSPS) is 8.75. The van der Waals surface area contributed by atoms with Crippen LogP contribution < -0.4 is 24.8 Å². The Bertz CT molecular complexity index is 634. The standard InChI is InChI=1S/C14H11.C2H5O.2ClH.Zr/c1-10-8-12-7-6-11-4-2-3-5-13(11)14(12)9-10;1-2-3;;;/h2-9H,1H3;3H,1-2H2;2*1H;/q2*-1;;;+4/p-2. The van der Waals surface area contributed by atoms with Crippen LogP contribution in [-0.4, -0.2) is 11.7 Å². The molecule has 3 aromatic rings. The zero-order chi connectivity index (χ0) is 12.3. The van der Waals surface area contributed by atoms with Crippen molar-refractivity contribution in [2.45, 2.75) is 6.92 Å². The molecule has 104 valence electrons. The number of hydrogen-bond donors (Lipinski definition) is 1. The van der Waals surface area contributed by atoms with E-state index in [0.717, 1.165) is 0 Å². The molecule has 0 aliphatic rings. The molecule has 0 aliphatic carbocycles. The summed E-state index contributed by atoms with van der Waals surface area (Å²) in [6, 6.07) is 17.4. The molecule has 0 atom stereocenters. The number of aliphatic hydroxyl groups is 1. The van der Waals surface area contributed by atoms with E-state index in [1.54, 1.807) is 0 Å². The van der Waals surface area contributed by atoms with Crippen LogP contribution in [0.1, 0.15) is 5.56 Å². The first-order valence-electron chi connectivity index (χ1n) is 5.71. The summed E-state index contributed by atoms with van der Waals surface area (Å²) in [5.41, 5.74) is 1.34. The minimum atomic E-state index is 0. The van der Waals surface area contributed by atoms with Gasteiger partial charge in [-0.25, -0.2) is 0 Å². The SMILES string of the molecule is Cc1cc2c(ccc3ccccc32)[cH-]1.[CH2-]CO.[Cl-].[Cl-].[Zr+4]. The van der Waals surface area contributed by atoms with Crippen molar-refractivity contribution < 1.29 is 56.1 Å². The molecular formula is C16H16Cl2OZr. The van der Waals surface area contributed by atoms with E-state index in [9.17, 15) is 0 Å². The van der Waals surface area contributed by atoms with Crippen LogP contribution in [0.2, 0.25) is 0 Å². The monoisotopic (exact) mass is 384 g/mol. The van der Waals surface area contributed by atoms with Crippen molar-refractivity contribution in [3.63, 3.8) is 0 Å². The predicted molar refractivity (Wildman–Crippen MR) is 74.2 cm³/mol. The molecule has 0 fully saturated rings. The summed E-state index contributed by atoms with van der Waals surface area (Å²) in [7, 11) is 0. The van der Waals surface area contributed by atoms with Gasteiger partial charge in [-0.05, 0) is 5.39 Å². The fourth-order valence-corrected chi connectivity index (χ4v) is 2.11. The van der Waals surface area contributed by atoms with Gasteiger partial charge < -0.3 is 36.8 Å². The van der Waals surface area contributed by atoms with Crippen molar-refractivity contribution in [2.75, 3.05) is 6.61 Å². The van der Waals surface area contributed by atoms with Gasteiger partial charge in [0.25, 0.3) is 0 Å². The maximum Gasteiger partial charge on any atom is 4.00 e. The number of aliphatic hydroxyl groups excluding tert-OH is 1. The van der Waals surface area contributed by atoms with Gasteiger partial charge in [0.05, 0.1) is 0 Å². The number of hydrogen-bond acceptors (Lipinski definition) is 1. The van der Waals surface area contributed by atoms with Crippen molar-refractivity contribution in [3.8, 4) is 0 Å². The van der Waals surface area contributed by atoms with Gasteiger partial charge in [0, 0.05) is 0 Å². The second-order valence-electron chi connectivity index (χ2n) is 4.05. The van der Waals surface area contributed by atoms with Gasteiger partial charge in [0.15, 0.2) is 0 Å². The van der Waals surface area contributed by atoms with E-state index in [2.05, 4.69) is 62.4 Å². The van der Waals surface area contributed by atoms with Crippen molar-refractivity contribution in [3.05, 3.63) is 61.0 Å². The average molecular weight is 386 g/mol. The first-order valence-corrected chi connectivity index (χ1v) is 5.71. The quantitative estimate of drug-likeness (QED) is 0.437. The Hall–Kier alpha value is -0.267. The Morgan fingerprint density at radius 3 is 2.30 bits per heavy atom. The molecule has 3 aromatic carbocycles. The van der Waals surface area contributed by atoms with Crippen LogP contribution in [0.3, 0.4) is 0 Å². The van der Waals surface area contributed by atoms with Crippen LogP contribution >= 0.6 is 0 Å². The molecule has 0 unspecified atom stereocenters. The van der Waals surface area contributed by atoms with E-state index in [-0.39, 0.29) is 57.6 Å². The molecule has 0 aliphatic heterocycles. The molecule has 0 saturated carbocycles. The Balaban J connectivity index is 0. The largest absolute Gasteiger partial charge is 4.00 e. The van der Waals surface area contributed by atoms with Crippen LogP contribution in [0.5, 0.6) is 0 Å². The second kappa shape index (κ2) is 10.5. The molecule has 0 heterocycles. The minimum Gasteiger partial charge on any atom is -1.00 e. The number of fused-ring (bicyclic) bond motifs is 3. The van der Waals surface area contributed by atoms with E-state index in [1.807, 2.05) is 0 Å². The summed E-state index contributed by atoms with van der Waals surface area (Å²) in [5, 5.41) is 12.9. The van der Waals surface area contributed by atoms with Crippen molar-refractivity contribution in [1.82, 2.24) is 0 Å². The molecule has 1 nitrogen and oxygen atoms in total. The van der Waals surface area contributed by atoms with E-state index in [0.29, 0.717) is 0 Å². The summed E-state index contributed by atoms with van der Waals surface area (Å²) in [5.74, 6) is 0. The maximum atomic E-state index is 7.46. The molecule has 0 aromatic heterocycles. The summed E-state index contributed by atoms with van der Waals surface area (Å²) in [6.45, 7) is 5.19. The van der Waals surface area contributed by atoms with Crippen molar-refractivity contribution in [1.29, 1.82) is 0 Å². The summed E-state index contributed by atoms with van der Waals surface area (Å²) < 4.78 is 0. The fraction of sp³-hybridized carbons (Fsp3) is 0.125. The molecular weight excluding hydrogens is 370 g/mol. The molecule has 3 rings (SSSR count). The van der Waals surface area contributed by atoms with Gasteiger partial charge in [0.1, 0.15) is 0 Å². The van der Waals surface area contributed by atoms with Gasteiger partial charge in [-0.3, -0.25) is 0 Å². The summed E-state index contributed by atoms with van der Waals surface area (Å²) in [6.07, 6.45) is 0. The van der Waals surface area contributed by atoms with Gasteiger partial charge in [-0.1, -0.05) is 49.2 Å². The first-order chi connectivity index (χ1) is 8.26. The topological polar surface area (TPSA) is 20.2 Å². The molecule has 0 amide bonds. The van der Waals surface area contributed by atoms with Gasteiger partial charge in [0.2, 0.25) is 0 Å². The van der Waals surface area contributed by atoms with Crippen molar-refractivity contribution >= 4 is 21.5 Å². The number of rotatable bonds is 0. The van der Waals surface area contributed by atoms with Crippen LogP contribution in [-0.2, 0) is 26.2 Å². The van der Waals surface area contributed by atoms with Gasteiger partial charge >= 0.3 is 26.2 Å². The zero-order valence-electron chi connectivity index (χ0n) is 11.2. The molecule has 0 spiro atoms. The number of halogens is 2. The second-order valence-corrected chi connectivity index (χ2v) is 4.05. The van der Waals surface area contributed by atoms with E-state index >= 15 is 0 Å². The Morgan fingerprint density at radius 2 is 1.65 bits per heavy atom. The van der Waals surface area contributed by atoms with E-state index < -0.39 is 0 Å². The number of benzene rings is 2. The average Bonchev–Trinajstić information content (AvgIpc) is 2.71. The summed E-state index contributed by atoms with van der Waals surface area (Å²) in [4.78, 5) is 0. The zero-order valence-corrected chi connectivity index (χ0v) is 15.2. The first kappa shape index (κ1) is 22.0. The molecule has 4 heteroatoms. The van der Waals surface area contributed by atoms with Gasteiger partial charge in [-0.2, -0.15) is 6.07 Å². The molecule has 0 radical (unpaired) electrons. The summed E-state index contributed by atoms with van der Waals surface area (Å²) >= 11 is 0. The molecule has 20 heavy (non-hydrogen) atoms. The number of aryl methyl sites for hydroxylation is 1. The Morgan fingerprint density at radius 1 is 1.05 bits per heavy atom. The molecule has 0 saturated heterocycles. The van der Waals surface area contributed by atoms with Crippen molar-refractivity contribution in [2.24, 2.45) is 0 Å². The van der Waals surface area contributed by atoms with Crippen LogP contribution in [0.4, 0.5) is 0 Å². The Kier molecular flexibility index (Phi) is 11.5. The van der Waals surface area contributed by atoms with Crippen LogP contribution in [0, 0.1) is 13.8 Å². The Labute approximate surface area is 151 Å². The smallest absolute Gasteiger partial charge is 1.00 e. The van der Waals surface area contributed by atoms with E-state index in [4.69, 9.17) is 5.11 Å². The predicted octanol–water partition coefficient (Wildman–Crippen LogP) is -2.16. The maximum absolute atomic E-state index is 7.46. The third-order valence-electron chi connectivity index (χ3n) is 2.76.